The van der Waals surface area contributed by atoms with Crippen LogP contribution in [0, 0.1) is 0 Å². The van der Waals surface area contributed by atoms with Gasteiger partial charge in [0.2, 0.25) is 4.33 Å². The van der Waals surface area contributed by atoms with Gasteiger partial charge in [-0.2, -0.15) is 5.10 Å². The second kappa shape index (κ2) is 7.18. The van der Waals surface area contributed by atoms with Crippen molar-refractivity contribution < 1.29 is 9.53 Å². The number of aromatic nitrogens is 2. The molecule has 5 nitrogen and oxygen atoms in total. The van der Waals surface area contributed by atoms with E-state index in [1.54, 1.807) is 6.20 Å². The molecule has 1 atom stereocenters. The van der Waals surface area contributed by atoms with Gasteiger partial charge in [0.05, 0.1) is 29.2 Å². The molecule has 0 fully saturated rings. The highest BCUT2D eigenvalue weighted by Crippen LogP contribution is 2.47. The Balaban J connectivity index is 1.63. The molecule has 2 heterocycles. The predicted molar refractivity (Wildman–Crippen MR) is 118 cm³/mol. The summed E-state index contributed by atoms with van der Waals surface area (Å²) in [5.74, 6) is -0.147. The van der Waals surface area contributed by atoms with E-state index in [9.17, 15) is 4.79 Å². The minimum absolute atomic E-state index is 0.521. The third-order valence-electron chi connectivity index (χ3n) is 5.73. The number of nitrogens with zero attached hydrogens (tertiary/aromatic N) is 3. The van der Waals surface area contributed by atoms with Crippen molar-refractivity contribution in [3.05, 3.63) is 83.7 Å². The molecule has 2 aliphatic rings. The van der Waals surface area contributed by atoms with Crippen molar-refractivity contribution in [2.24, 2.45) is 0 Å². The summed E-state index contributed by atoms with van der Waals surface area (Å²) in [5.41, 5.74) is 4.60. The fourth-order valence-corrected chi connectivity index (χ4v) is 4.93. The van der Waals surface area contributed by atoms with E-state index in [4.69, 9.17) is 27.9 Å². The van der Waals surface area contributed by atoms with Gasteiger partial charge in [-0.3, -0.25) is 0 Å². The molecule has 7 heteroatoms. The molecule has 30 heavy (non-hydrogen) atoms. The summed E-state index contributed by atoms with van der Waals surface area (Å²) < 4.78 is 5.88. The monoisotopic (exact) mass is 439 g/mol. The van der Waals surface area contributed by atoms with Crippen LogP contribution in [0.4, 0.5) is 5.69 Å². The smallest absolute Gasteiger partial charge is 0.350 e. The van der Waals surface area contributed by atoms with Gasteiger partial charge in [-0.25, -0.2) is 9.48 Å². The SMILES string of the molecule is CN(c1ccccc1)C1C2=C(OC(=O)C1(Cl)Cl)c1cnn(-c3ccccc3)c1CC2. The summed E-state index contributed by atoms with van der Waals surface area (Å²) in [6.07, 6.45) is 3.15. The fraction of sp³-hybridized carbons (Fsp3) is 0.217. The predicted octanol–water partition coefficient (Wildman–Crippen LogP) is 4.77. The first-order valence-electron chi connectivity index (χ1n) is 9.72. The van der Waals surface area contributed by atoms with Crippen LogP contribution >= 0.6 is 23.2 Å². The Morgan fingerprint density at radius 3 is 2.43 bits per heavy atom. The lowest BCUT2D eigenvalue weighted by Gasteiger charge is -2.43. The van der Waals surface area contributed by atoms with E-state index in [0.29, 0.717) is 12.2 Å². The average molecular weight is 440 g/mol. The molecule has 0 spiro atoms. The number of likely N-dealkylation sites (N-methyl/N-ethyl adjacent to an activating group) is 1. The minimum atomic E-state index is -1.71. The molecule has 3 aromatic rings. The maximum Gasteiger partial charge on any atom is 0.350 e. The summed E-state index contributed by atoms with van der Waals surface area (Å²) in [6, 6.07) is 19.1. The van der Waals surface area contributed by atoms with E-state index in [1.807, 2.05) is 77.3 Å². The van der Waals surface area contributed by atoms with Gasteiger partial charge in [0.1, 0.15) is 5.76 Å². The quantitative estimate of drug-likeness (QED) is 0.435. The van der Waals surface area contributed by atoms with Crippen LogP contribution in [0.5, 0.6) is 0 Å². The van der Waals surface area contributed by atoms with Gasteiger partial charge < -0.3 is 9.64 Å². The Labute approximate surface area is 184 Å². The lowest BCUT2D eigenvalue weighted by molar-refractivity contribution is -0.138. The summed E-state index contributed by atoms with van der Waals surface area (Å²) >= 11 is 13.2. The summed E-state index contributed by atoms with van der Waals surface area (Å²) in [4.78, 5) is 14.8. The van der Waals surface area contributed by atoms with Crippen LogP contribution < -0.4 is 4.90 Å². The largest absolute Gasteiger partial charge is 0.423 e. The Hall–Kier alpha value is -2.76. The zero-order valence-corrected chi connectivity index (χ0v) is 17.8. The van der Waals surface area contributed by atoms with Crippen molar-refractivity contribution in [1.29, 1.82) is 0 Å². The fourth-order valence-electron chi connectivity index (χ4n) is 4.30. The maximum absolute atomic E-state index is 12.8. The first kappa shape index (κ1) is 19.2. The lowest BCUT2D eigenvalue weighted by Crippen LogP contribution is -2.54. The number of carbonyl (C=O) groups is 1. The highest BCUT2D eigenvalue weighted by atomic mass is 35.5. The standard InChI is InChI=1S/C23H19Cl2N3O2/c1-27(15-8-4-2-5-9-15)21-17-12-13-19-18(20(17)30-22(29)23(21,24)25)14-26-28(19)16-10-6-3-7-11-16/h2-11,14,21H,12-13H2,1H3. The molecule has 1 aliphatic heterocycles. The van der Waals surface area contributed by atoms with Crippen molar-refractivity contribution in [2.75, 3.05) is 11.9 Å². The van der Waals surface area contributed by atoms with Crippen LogP contribution in [-0.2, 0) is 16.0 Å². The number of anilines is 1. The van der Waals surface area contributed by atoms with Crippen molar-refractivity contribution >= 4 is 40.6 Å². The lowest BCUT2D eigenvalue weighted by atomic mass is 9.86. The number of hydrogen-bond donors (Lipinski definition) is 0. The van der Waals surface area contributed by atoms with E-state index in [0.717, 1.165) is 34.6 Å². The van der Waals surface area contributed by atoms with Crippen molar-refractivity contribution in [3.63, 3.8) is 0 Å². The first-order valence-corrected chi connectivity index (χ1v) is 10.5. The summed E-state index contributed by atoms with van der Waals surface area (Å²) in [7, 11) is 1.89. The number of carbonyl (C=O) groups excluding carboxylic acids is 1. The van der Waals surface area contributed by atoms with Crippen molar-refractivity contribution in [2.45, 2.75) is 23.2 Å². The highest BCUT2D eigenvalue weighted by molar-refractivity contribution is 6.59. The van der Waals surface area contributed by atoms with E-state index >= 15 is 0 Å². The molecule has 0 saturated carbocycles. The summed E-state index contributed by atoms with van der Waals surface area (Å²) in [6.45, 7) is 0. The Morgan fingerprint density at radius 1 is 1.07 bits per heavy atom. The number of para-hydroxylation sites is 2. The van der Waals surface area contributed by atoms with Crippen molar-refractivity contribution in [1.82, 2.24) is 9.78 Å². The Morgan fingerprint density at radius 2 is 1.73 bits per heavy atom. The average Bonchev–Trinajstić information content (AvgIpc) is 3.20. The first-order chi connectivity index (χ1) is 14.5. The van der Waals surface area contributed by atoms with Gasteiger partial charge in [-0.05, 0) is 42.7 Å². The van der Waals surface area contributed by atoms with Gasteiger partial charge in [0.15, 0.2) is 0 Å². The highest BCUT2D eigenvalue weighted by Gasteiger charge is 2.54. The van der Waals surface area contributed by atoms with Crippen LogP contribution in [0.2, 0.25) is 0 Å². The van der Waals surface area contributed by atoms with Crippen LogP contribution in [0.25, 0.3) is 11.4 Å². The second-order valence-electron chi connectivity index (χ2n) is 7.47. The number of ether oxygens (including phenoxy) is 1. The zero-order chi connectivity index (χ0) is 20.9. The minimum Gasteiger partial charge on any atom is -0.423 e. The number of rotatable bonds is 3. The summed E-state index contributed by atoms with van der Waals surface area (Å²) in [5, 5.41) is 4.56. The molecule has 0 N–H and O–H groups in total. The molecule has 1 aliphatic carbocycles. The molecule has 2 aromatic carbocycles. The number of hydrogen-bond acceptors (Lipinski definition) is 4. The molecule has 0 saturated heterocycles. The molecule has 0 amide bonds. The van der Waals surface area contributed by atoms with Gasteiger partial charge in [-0.1, -0.05) is 59.6 Å². The van der Waals surface area contributed by atoms with E-state index < -0.39 is 16.3 Å². The Bertz CT molecular complexity index is 1140. The molecule has 1 aromatic heterocycles. The van der Waals surface area contributed by atoms with Gasteiger partial charge in [0.25, 0.3) is 0 Å². The third kappa shape index (κ3) is 2.92. The van der Waals surface area contributed by atoms with Crippen LogP contribution in [0.3, 0.4) is 0 Å². The molecule has 152 valence electrons. The number of alkyl halides is 2. The van der Waals surface area contributed by atoms with Gasteiger partial charge >= 0.3 is 5.97 Å². The van der Waals surface area contributed by atoms with Crippen LogP contribution in [0.15, 0.2) is 72.4 Å². The second-order valence-corrected chi connectivity index (χ2v) is 8.85. The normalized spacial score (nSPS) is 19.7. The molecule has 0 bridgehead atoms. The number of fused-ring (bicyclic) bond motifs is 2. The van der Waals surface area contributed by atoms with Gasteiger partial charge in [-0.15, -0.1) is 0 Å². The molecule has 0 radical (unpaired) electrons. The number of halogens is 2. The van der Waals surface area contributed by atoms with E-state index in [1.165, 1.54) is 0 Å². The Kier molecular flexibility index (Phi) is 4.60. The van der Waals surface area contributed by atoms with Gasteiger partial charge in [0, 0.05) is 12.7 Å². The van der Waals surface area contributed by atoms with Crippen LogP contribution in [-0.4, -0.2) is 33.2 Å². The van der Waals surface area contributed by atoms with Crippen molar-refractivity contribution in [3.8, 4) is 5.69 Å². The molecular formula is C23H19Cl2N3O2. The maximum atomic E-state index is 12.8. The molecular weight excluding hydrogens is 421 g/mol. The number of esters is 1. The molecule has 5 rings (SSSR count). The topological polar surface area (TPSA) is 47.4 Å². The third-order valence-corrected chi connectivity index (χ3v) is 6.45. The van der Waals surface area contributed by atoms with E-state index in [-0.39, 0.29) is 0 Å². The molecule has 1 unspecified atom stereocenters. The van der Waals surface area contributed by atoms with E-state index in [2.05, 4.69) is 5.10 Å². The zero-order valence-electron chi connectivity index (χ0n) is 16.3. The van der Waals surface area contributed by atoms with Crippen LogP contribution in [0.1, 0.15) is 17.7 Å². The number of benzene rings is 2.